The second-order valence-corrected chi connectivity index (χ2v) is 6.19. The highest BCUT2D eigenvalue weighted by atomic mass is 33.1. The lowest BCUT2D eigenvalue weighted by atomic mass is 10.7. The fraction of sp³-hybridized carbons (Fsp3) is 0. The average molecular weight is 350 g/mol. The molecule has 0 saturated heterocycles. The van der Waals surface area contributed by atoms with Crippen molar-refractivity contribution in [3.63, 3.8) is 0 Å². The van der Waals surface area contributed by atoms with Crippen molar-refractivity contribution in [1.29, 1.82) is 0 Å². The Balaban J connectivity index is 2.41. The third-order valence-corrected chi connectivity index (χ3v) is 4.79. The van der Waals surface area contributed by atoms with Gasteiger partial charge in [-0.25, -0.2) is 9.59 Å². The third-order valence-electron chi connectivity index (χ3n) is 2.02. The zero-order valence-corrected chi connectivity index (χ0v) is 12.8. The maximum absolute atomic E-state index is 11.7. The molecule has 0 bridgehead atoms. The Morgan fingerprint density at radius 3 is 1.50 bits per heavy atom. The number of aromatic nitrogens is 4. The molecule has 12 heteroatoms. The molecule has 0 aliphatic heterocycles. The summed E-state index contributed by atoms with van der Waals surface area (Å²) in [6, 6.07) is 0. The smallest absolute Gasteiger partial charge is 0.312 e. The second kappa shape index (κ2) is 6.03. The van der Waals surface area contributed by atoms with Crippen molar-refractivity contribution in [3.8, 4) is 0 Å². The summed E-state index contributed by atoms with van der Waals surface area (Å²) >= 11 is 7.75. The lowest BCUT2D eigenvalue weighted by molar-refractivity contribution is 0.926. The zero-order chi connectivity index (χ0) is 14.9. The summed E-state index contributed by atoms with van der Waals surface area (Å²) in [5, 5.41) is 0. The number of H-pyrrole nitrogens is 2. The first-order valence-electron chi connectivity index (χ1n) is 4.84. The summed E-state index contributed by atoms with van der Waals surface area (Å²) in [6.07, 6.45) is 2.31. The maximum Gasteiger partial charge on any atom is 0.339 e. The molecular weight excluding hydrogens is 344 g/mol. The molecule has 2 aromatic heterocycles. The van der Waals surface area contributed by atoms with E-state index < -0.39 is 22.5 Å². The van der Waals surface area contributed by atoms with Crippen LogP contribution in [-0.4, -0.2) is 17.9 Å². The van der Waals surface area contributed by atoms with Crippen molar-refractivity contribution in [3.05, 3.63) is 54.1 Å². The van der Waals surface area contributed by atoms with Crippen LogP contribution in [0.1, 0.15) is 0 Å². The first-order valence-corrected chi connectivity index (χ1v) is 7.80. The van der Waals surface area contributed by atoms with Gasteiger partial charge in [0.1, 0.15) is 0 Å². The summed E-state index contributed by atoms with van der Waals surface area (Å²) in [5.41, 5.74) is -2.70. The van der Waals surface area contributed by atoms with Crippen LogP contribution in [0.5, 0.6) is 0 Å². The van der Waals surface area contributed by atoms with Gasteiger partial charge in [0.25, 0.3) is 11.1 Å². The minimum absolute atomic E-state index is 0.0295. The standard InChI is InChI=1S/C8H6N4O4S4/c13-5-3(17)1-9-7(15)11(5)19-20-12-6(14)4(18)2-10-8(12)16/h1-2,17-18H,(H,9,15)(H,10,16). The minimum Gasteiger partial charge on any atom is -0.312 e. The van der Waals surface area contributed by atoms with Gasteiger partial charge in [-0.3, -0.25) is 9.59 Å². The van der Waals surface area contributed by atoms with Crippen LogP contribution in [0, 0.1) is 0 Å². The van der Waals surface area contributed by atoms with Crippen LogP contribution < -0.4 is 22.5 Å². The highest BCUT2D eigenvalue weighted by Gasteiger charge is 2.10. The van der Waals surface area contributed by atoms with Crippen molar-refractivity contribution >= 4 is 47.2 Å². The average Bonchev–Trinajstić information content (AvgIpc) is 2.42. The minimum atomic E-state index is -0.697. The molecule has 0 radical (unpaired) electrons. The molecular formula is C8H6N4O4S4. The molecule has 0 unspecified atom stereocenters. The maximum atomic E-state index is 11.7. The molecule has 2 heterocycles. The van der Waals surface area contributed by atoms with Crippen LogP contribution >= 0.6 is 47.2 Å². The molecule has 20 heavy (non-hydrogen) atoms. The Kier molecular flexibility index (Phi) is 4.57. The normalized spacial score (nSPS) is 10.7. The predicted octanol–water partition coefficient (Wildman–Crippen LogP) is -0.428. The van der Waals surface area contributed by atoms with Gasteiger partial charge in [0, 0.05) is 12.4 Å². The van der Waals surface area contributed by atoms with E-state index in [-0.39, 0.29) is 9.79 Å². The van der Waals surface area contributed by atoms with Crippen LogP contribution in [0.15, 0.2) is 41.4 Å². The van der Waals surface area contributed by atoms with Gasteiger partial charge in [-0.05, 0) is 0 Å². The van der Waals surface area contributed by atoms with E-state index in [1.807, 2.05) is 0 Å². The highest BCUT2D eigenvalue weighted by Crippen LogP contribution is 2.19. The number of hydrogen-bond acceptors (Lipinski definition) is 8. The lowest BCUT2D eigenvalue weighted by Gasteiger charge is -2.04. The van der Waals surface area contributed by atoms with Gasteiger partial charge in [0.2, 0.25) is 0 Å². The van der Waals surface area contributed by atoms with Gasteiger partial charge in [-0.2, -0.15) is 7.94 Å². The third kappa shape index (κ3) is 2.92. The molecule has 0 fully saturated rings. The van der Waals surface area contributed by atoms with Gasteiger partial charge in [-0.1, -0.05) is 0 Å². The highest BCUT2D eigenvalue weighted by molar-refractivity contribution is 8.75. The fourth-order valence-electron chi connectivity index (χ4n) is 1.10. The molecule has 2 N–H and O–H groups in total. The number of aromatic amines is 2. The van der Waals surface area contributed by atoms with Crippen molar-refractivity contribution in [2.45, 2.75) is 9.79 Å². The number of rotatable bonds is 3. The van der Waals surface area contributed by atoms with Crippen LogP contribution in [0.2, 0.25) is 0 Å². The van der Waals surface area contributed by atoms with Crippen molar-refractivity contribution in [2.24, 2.45) is 0 Å². The molecule has 106 valence electrons. The molecule has 2 rings (SSSR count). The van der Waals surface area contributed by atoms with E-state index in [0.717, 1.165) is 20.3 Å². The molecule has 8 nitrogen and oxygen atoms in total. The first kappa shape index (κ1) is 15.2. The SMILES string of the molecule is O=c1[nH]cc(S)c(=O)n1SSn1c(=O)[nH]cc(S)c1=O. The molecule has 0 saturated carbocycles. The second-order valence-electron chi connectivity index (χ2n) is 3.31. The van der Waals surface area contributed by atoms with E-state index in [1.165, 1.54) is 0 Å². The topological polar surface area (TPSA) is 110 Å². The number of nitrogens with zero attached hydrogens (tertiary/aromatic N) is 2. The quantitative estimate of drug-likeness (QED) is 0.442. The van der Waals surface area contributed by atoms with Gasteiger partial charge in [0.15, 0.2) is 0 Å². The van der Waals surface area contributed by atoms with Crippen molar-refractivity contribution < 1.29 is 0 Å². The van der Waals surface area contributed by atoms with Crippen molar-refractivity contribution in [1.82, 2.24) is 17.9 Å². The van der Waals surface area contributed by atoms with Crippen LogP contribution in [0.3, 0.4) is 0 Å². The molecule has 0 aliphatic carbocycles. The molecule has 0 spiro atoms. The van der Waals surface area contributed by atoms with Crippen molar-refractivity contribution in [2.75, 3.05) is 0 Å². The van der Waals surface area contributed by atoms with Gasteiger partial charge >= 0.3 is 11.4 Å². The number of nitrogens with one attached hydrogen (secondary N) is 2. The van der Waals surface area contributed by atoms with Gasteiger partial charge in [0.05, 0.1) is 31.8 Å². The monoisotopic (exact) mass is 350 g/mol. The van der Waals surface area contributed by atoms with E-state index >= 15 is 0 Å². The summed E-state index contributed by atoms with van der Waals surface area (Å²) in [6.45, 7) is 0. The first-order chi connectivity index (χ1) is 9.41. The summed E-state index contributed by atoms with van der Waals surface area (Å²) in [5.74, 6) is 0. The number of hydrogen-bond donors (Lipinski definition) is 4. The Morgan fingerprint density at radius 1 is 0.800 bits per heavy atom. The van der Waals surface area contributed by atoms with E-state index in [0.29, 0.717) is 22.0 Å². The summed E-state index contributed by atoms with van der Waals surface area (Å²) in [4.78, 5) is 51.0. The van der Waals surface area contributed by atoms with E-state index in [9.17, 15) is 19.2 Å². The van der Waals surface area contributed by atoms with Crippen LogP contribution in [-0.2, 0) is 0 Å². The number of thiol groups is 2. The Bertz CT molecular complexity index is 806. The van der Waals surface area contributed by atoms with E-state index in [2.05, 4.69) is 35.2 Å². The van der Waals surface area contributed by atoms with Crippen LogP contribution in [0.25, 0.3) is 0 Å². The van der Waals surface area contributed by atoms with Gasteiger partial charge < -0.3 is 9.97 Å². The van der Waals surface area contributed by atoms with E-state index in [4.69, 9.17) is 0 Å². The largest absolute Gasteiger partial charge is 0.339 e. The Morgan fingerprint density at radius 2 is 1.15 bits per heavy atom. The molecule has 0 atom stereocenters. The summed E-state index contributed by atoms with van der Waals surface area (Å²) < 4.78 is 1.48. The summed E-state index contributed by atoms with van der Waals surface area (Å²) in [7, 11) is 1.23. The predicted molar refractivity (Wildman–Crippen MR) is 83.1 cm³/mol. The molecule has 0 aliphatic rings. The van der Waals surface area contributed by atoms with Gasteiger partial charge in [-0.15, -0.1) is 25.3 Å². The lowest BCUT2D eigenvalue weighted by Crippen LogP contribution is -2.33. The Hall–Kier alpha value is -1.24. The van der Waals surface area contributed by atoms with E-state index in [1.54, 1.807) is 0 Å². The molecule has 2 aromatic rings. The zero-order valence-electron chi connectivity index (χ0n) is 9.39. The molecule has 0 aromatic carbocycles. The van der Waals surface area contributed by atoms with Crippen LogP contribution in [0.4, 0.5) is 0 Å². The molecule has 0 amide bonds. The Labute approximate surface area is 129 Å². The fourth-order valence-corrected chi connectivity index (χ4v) is 3.48.